The molecule has 0 aliphatic carbocycles. The summed E-state index contributed by atoms with van der Waals surface area (Å²) >= 11 is 11.2. The van der Waals surface area contributed by atoms with Crippen LogP contribution in [0.3, 0.4) is 0 Å². The lowest BCUT2D eigenvalue weighted by Crippen LogP contribution is -2.57. The van der Waals surface area contributed by atoms with Crippen LogP contribution in [0, 0.1) is 19.3 Å². The summed E-state index contributed by atoms with van der Waals surface area (Å²) in [6, 6.07) is 10.1. The van der Waals surface area contributed by atoms with E-state index in [9.17, 15) is 15.0 Å². The fourth-order valence-electron chi connectivity index (χ4n) is 5.09. The van der Waals surface area contributed by atoms with Gasteiger partial charge in [-0.05, 0) is 86.4 Å². The topological polar surface area (TPSA) is 76.0 Å². The van der Waals surface area contributed by atoms with Crippen molar-refractivity contribution < 1.29 is 28.9 Å². The minimum absolute atomic E-state index is 0.208. The normalized spacial score (nSPS) is 18.6. The fraction of sp³-hybridized carbons (Fsp3) is 0.559. The number of hydrogen-bond donors (Lipinski definition) is 3. The smallest absolute Gasteiger partial charge is 0.338 e. The van der Waals surface area contributed by atoms with Crippen molar-refractivity contribution in [1.29, 1.82) is 0 Å². The minimum Gasteiger partial charge on any atom is -0.462 e. The Morgan fingerprint density at radius 2 is 1.69 bits per heavy atom. The van der Waals surface area contributed by atoms with Gasteiger partial charge in [-0.1, -0.05) is 77.1 Å². The maximum atomic E-state index is 16.6. The molecule has 2 rings (SSSR count). The lowest BCUT2D eigenvalue weighted by atomic mass is 9.62. The zero-order valence-electron chi connectivity index (χ0n) is 26.5. The number of halogens is 2. The SMILES string of the molecule is C=CC(C)(F)C(C)(CC(O)(c1ccc(C(=O)OCC(C)(C)C)c(C)c1)C(S)C(C)(O)OCCC)c1cc(C)cc(Cl)c1. The molecule has 0 heterocycles. The molecule has 0 amide bonds. The van der Waals surface area contributed by atoms with E-state index in [-0.39, 0.29) is 25.0 Å². The van der Waals surface area contributed by atoms with E-state index in [2.05, 4.69) is 6.58 Å². The van der Waals surface area contributed by atoms with E-state index < -0.39 is 33.7 Å². The lowest BCUT2D eigenvalue weighted by molar-refractivity contribution is -0.219. The average molecular weight is 623 g/mol. The van der Waals surface area contributed by atoms with Crippen LogP contribution in [0.1, 0.15) is 93.9 Å². The molecule has 2 N–H and O–H groups in total. The number of rotatable bonds is 13. The Labute approximate surface area is 261 Å². The number of carbonyl (C=O) groups is 1. The van der Waals surface area contributed by atoms with Crippen molar-refractivity contribution in [2.75, 3.05) is 13.2 Å². The molecule has 5 unspecified atom stereocenters. The van der Waals surface area contributed by atoms with E-state index in [1.807, 2.05) is 40.7 Å². The Balaban J connectivity index is 2.78. The molecule has 0 fully saturated rings. The van der Waals surface area contributed by atoms with Gasteiger partial charge in [-0.15, -0.1) is 0 Å². The quantitative estimate of drug-likeness (QED) is 0.0912. The van der Waals surface area contributed by atoms with Crippen LogP contribution < -0.4 is 0 Å². The molecule has 2 aromatic rings. The van der Waals surface area contributed by atoms with E-state index >= 15 is 4.39 Å². The highest BCUT2D eigenvalue weighted by molar-refractivity contribution is 7.81. The number of carbonyl (C=O) groups excluding carboxylic acids is 1. The van der Waals surface area contributed by atoms with E-state index in [0.717, 1.165) is 5.56 Å². The van der Waals surface area contributed by atoms with Gasteiger partial charge in [-0.25, -0.2) is 9.18 Å². The molecule has 0 aromatic heterocycles. The van der Waals surface area contributed by atoms with Crippen molar-refractivity contribution >= 4 is 30.2 Å². The second-order valence-electron chi connectivity index (χ2n) is 13.2. The van der Waals surface area contributed by atoms with Crippen LogP contribution >= 0.6 is 24.2 Å². The number of benzene rings is 2. The molecular formula is C34H48ClFO5S. The zero-order valence-corrected chi connectivity index (χ0v) is 28.1. The summed E-state index contributed by atoms with van der Waals surface area (Å²) in [4.78, 5) is 12.9. The second kappa shape index (κ2) is 13.4. The van der Waals surface area contributed by atoms with E-state index in [1.54, 1.807) is 44.2 Å². The highest BCUT2D eigenvalue weighted by Gasteiger charge is 2.55. The molecule has 0 aliphatic rings. The molecule has 0 aliphatic heterocycles. The first-order valence-corrected chi connectivity index (χ1v) is 15.2. The molecule has 0 bridgehead atoms. The molecule has 2 aromatic carbocycles. The van der Waals surface area contributed by atoms with Crippen molar-refractivity contribution in [2.24, 2.45) is 5.41 Å². The van der Waals surface area contributed by atoms with Crippen LogP contribution in [0.25, 0.3) is 0 Å². The van der Waals surface area contributed by atoms with Crippen LogP contribution in [0.15, 0.2) is 49.1 Å². The number of aryl methyl sites for hydroxylation is 2. The summed E-state index contributed by atoms with van der Waals surface area (Å²) in [7, 11) is 0. The third kappa shape index (κ3) is 8.17. The van der Waals surface area contributed by atoms with E-state index in [4.69, 9.17) is 33.7 Å². The molecule has 5 atom stereocenters. The van der Waals surface area contributed by atoms with Crippen LogP contribution in [0.2, 0.25) is 5.02 Å². The first-order valence-electron chi connectivity index (χ1n) is 14.3. The van der Waals surface area contributed by atoms with Gasteiger partial charge in [-0.2, -0.15) is 12.6 Å². The summed E-state index contributed by atoms with van der Waals surface area (Å²) in [5, 5.41) is 23.3. The molecule has 0 spiro atoms. The Morgan fingerprint density at radius 1 is 1.07 bits per heavy atom. The van der Waals surface area contributed by atoms with Gasteiger partial charge in [0.15, 0.2) is 5.79 Å². The van der Waals surface area contributed by atoms with E-state index in [1.165, 1.54) is 19.9 Å². The number of ether oxygens (including phenoxy) is 2. The number of aliphatic hydroxyl groups is 2. The first-order chi connectivity index (χ1) is 19.1. The molecule has 234 valence electrons. The van der Waals surface area contributed by atoms with Crippen molar-refractivity contribution in [1.82, 2.24) is 0 Å². The zero-order chi connectivity index (χ0) is 32.3. The van der Waals surface area contributed by atoms with Gasteiger partial charge in [0, 0.05) is 17.0 Å². The number of thiol groups is 1. The Morgan fingerprint density at radius 3 is 2.19 bits per heavy atom. The molecular weight excluding hydrogens is 575 g/mol. The van der Waals surface area contributed by atoms with Gasteiger partial charge in [0.2, 0.25) is 0 Å². The predicted octanol–water partition coefficient (Wildman–Crippen LogP) is 8.04. The molecule has 0 saturated carbocycles. The number of esters is 1. The summed E-state index contributed by atoms with van der Waals surface area (Å²) in [6.07, 6.45) is 1.59. The number of allylic oxidation sites excluding steroid dienone is 1. The Kier molecular flexibility index (Phi) is 11.6. The van der Waals surface area contributed by atoms with Crippen LogP contribution in [-0.2, 0) is 20.5 Å². The largest absolute Gasteiger partial charge is 0.462 e. The molecule has 0 radical (unpaired) electrons. The van der Waals surface area contributed by atoms with Crippen LogP contribution in [-0.4, -0.2) is 46.1 Å². The molecule has 5 nitrogen and oxygen atoms in total. The Bertz CT molecular complexity index is 1250. The summed E-state index contributed by atoms with van der Waals surface area (Å²) in [5.41, 5.74) is -3.03. The highest BCUT2D eigenvalue weighted by Crippen LogP contribution is 2.51. The van der Waals surface area contributed by atoms with Crippen LogP contribution in [0.4, 0.5) is 4.39 Å². The van der Waals surface area contributed by atoms with Gasteiger partial charge < -0.3 is 19.7 Å². The van der Waals surface area contributed by atoms with Gasteiger partial charge in [0.25, 0.3) is 0 Å². The maximum absolute atomic E-state index is 16.6. The average Bonchev–Trinajstić information content (AvgIpc) is 2.88. The monoisotopic (exact) mass is 622 g/mol. The summed E-state index contributed by atoms with van der Waals surface area (Å²) < 4.78 is 27.9. The summed E-state index contributed by atoms with van der Waals surface area (Å²) in [6.45, 7) is 20.1. The standard InChI is InChI=1S/C34H48ClFO5S/c1-11-15-41-33(10,38)29(42)34(39,24-13-14-27(23(4)18-24)28(37)40-21-30(5,6)7)20-31(8,32(9,36)12-2)25-16-22(3)17-26(35)19-25/h12-14,16-19,29,38-39,42H,2,11,15,20-21H2,1,3-10H3. The van der Waals surface area contributed by atoms with Crippen molar-refractivity contribution in [3.63, 3.8) is 0 Å². The third-order valence-corrected chi connectivity index (χ3v) is 9.03. The van der Waals surface area contributed by atoms with Gasteiger partial charge in [-0.3, -0.25) is 0 Å². The molecule has 8 heteroatoms. The summed E-state index contributed by atoms with van der Waals surface area (Å²) in [5.74, 6) is -2.39. The maximum Gasteiger partial charge on any atom is 0.338 e. The van der Waals surface area contributed by atoms with Crippen molar-refractivity contribution in [2.45, 2.75) is 103 Å². The lowest BCUT2D eigenvalue weighted by Gasteiger charge is -2.49. The molecule has 0 saturated heterocycles. The molecule has 42 heavy (non-hydrogen) atoms. The van der Waals surface area contributed by atoms with Crippen molar-refractivity contribution in [3.05, 3.63) is 81.9 Å². The van der Waals surface area contributed by atoms with Gasteiger partial charge >= 0.3 is 5.97 Å². The van der Waals surface area contributed by atoms with E-state index in [0.29, 0.717) is 33.7 Å². The van der Waals surface area contributed by atoms with Gasteiger partial charge in [0.05, 0.1) is 17.4 Å². The number of hydrogen-bond acceptors (Lipinski definition) is 6. The fourth-order valence-corrected chi connectivity index (χ4v) is 5.69. The highest BCUT2D eigenvalue weighted by atomic mass is 35.5. The first kappa shape index (κ1) is 36.3. The van der Waals surface area contributed by atoms with Crippen LogP contribution in [0.5, 0.6) is 0 Å². The number of alkyl halides is 1. The second-order valence-corrected chi connectivity index (χ2v) is 14.2. The van der Waals surface area contributed by atoms with Gasteiger partial charge in [0.1, 0.15) is 11.3 Å². The Hall–Kier alpha value is -1.90. The predicted molar refractivity (Wildman–Crippen MR) is 172 cm³/mol. The third-order valence-electron chi connectivity index (χ3n) is 7.91. The van der Waals surface area contributed by atoms with Crippen molar-refractivity contribution in [3.8, 4) is 0 Å². The minimum atomic E-state index is -2.03.